The Kier molecular flexibility index (Phi) is 4.58. The number of esters is 1. The number of phenolic OH excluding ortho intramolecular Hbond substituents is 1. The normalized spacial score (nSPS) is 10.6. The Balaban J connectivity index is 2.85. The highest BCUT2D eigenvalue weighted by Gasteiger charge is 2.22. The molecule has 0 spiro atoms. The molecule has 1 heterocycles. The average molecular weight is 326 g/mol. The van der Waals surface area contributed by atoms with Crippen molar-refractivity contribution in [2.24, 2.45) is 0 Å². The highest BCUT2D eigenvalue weighted by Crippen LogP contribution is 2.28. The number of aldehydes is 1. The minimum atomic E-state index is -1.55. The van der Waals surface area contributed by atoms with Crippen LogP contribution in [-0.2, 0) is 9.53 Å². The lowest BCUT2D eigenvalue weighted by molar-refractivity contribution is -0.106. The van der Waals surface area contributed by atoms with E-state index < -0.39 is 45.2 Å². The Morgan fingerprint density at radius 3 is 2.78 bits per heavy atom. The number of phenols is 1. The maximum Gasteiger partial charge on any atom is 0.343 e. The minimum absolute atomic E-state index is 0.00110. The number of hydrogen-bond acceptors (Lipinski definition) is 6. The number of hydrogen-bond donors (Lipinski definition) is 2. The van der Waals surface area contributed by atoms with Crippen molar-refractivity contribution < 1.29 is 28.2 Å². The van der Waals surface area contributed by atoms with Crippen LogP contribution < -0.4 is 10.9 Å². The number of aromatic hydroxyl groups is 1. The molecule has 23 heavy (non-hydrogen) atoms. The minimum Gasteiger partial charge on any atom is -0.503 e. The molecule has 7 nitrogen and oxygen atoms in total. The second kappa shape index (κ2) is 6.42. The van der Waals surface area contributed by atoms with Crippen LogP contribution in [0.4, 0.5) is 8.78 Å². The van der Waals surface area contributed by atoms with E-state index in [9.17, 15) is 28.3 Å². The molecule has 0 fully saturated rings. The molecule has 2 aromatic rings. The van der Waals surface area contributed by atoms with Gasteiger partial charge < -0.3 is 20.1 Å². The van der Waals surface area contributed by atoms with Crippen molar-refractivity contribution in [3.8, 4) is 5.75 Å². The summed E-state index contributed by atoms with van der Waals surface area (Å²) in [6, 6.07) is 0.564. The number of nitrogens with one attached hydrogen (secondary N) is 1. The van der Waals surface area contributed by atoms with Gasteiger partial charge in [0.2, 0.25) is 11.2 Å². The predicted octanol–water partition coefficient (Wildman–Crippen LogP) is 0.904. The Hall–Kier alpha value is -2.97. The Bertz CT molecular complexity index is 847. The van der Waals surface area contributed by atoms with E-state index in [1.54, 1.807) is 0 Å². The summed E-state index contributed by atoms with van der Waals surface area (Å²) in [5, 5.41) is 9.32. The topological polar surface area (TPSA) is 97.6 Å². The third kappa shape index (κ3) is 2.85. The second-order valence-electron chi connectivity index (χ2n) is 4.41. The Morgan fingerprint density at radius 2 is 2.17 bits per heavy atom. The first-order valence-corrected chi connectivity index (χ1v) is 6.53. The number of benzene rings is 1. The SMILES string of the molecule is CCOC(=O)c1cn(NCC=O)c2c(O)c(F)c(F)cc2c1=O. The van der Waals surface area contributed by atoms with E-state index in [0.717, 1.165) is 10.9 Å². The number of halogens is 2. The molecule has 0 amide bonds. The number of rotatable bonds is 5. The number of aromatic nitrogens is 1. The van der Waals surface area contributed by atoms with Crippen LogP contribution in [0.25, 0.3) is 10.9 Å². The van der Waals surface area contributed by atoms with Gasteiger partial charge >= 0.3 is 5.97 Å². The summed E-state index contributed by atoms with van der Waals surface area (Å²) in [7, 11) is 0. The Morgan fingerprint density at radius 1 is 1.48 bits per heavy atom. The molecule has 122 valence electrons. The van der Waals surface area contributed by atoms with Crippen molar-refractivity contribution in [1.82, 2.24) is 4.68 Å². The first-order chi connectivity index (χ1) is 10.9. The largest absolute Gasteiger partial charge is 0.503 e. The van der Waals surface area contributed by atoms with E-state index in [2.05, 4.69) is 5.43 Å². The van der Waals surface area contributed by atoms with Gasteiger partial charge in [0.25, 0.3) is 0 Å². The highest BCUT2D eigenvalue weighted by molar-refractivity contribution is 5.95. The summed E-state index contributed by atoms with van der Waals surface area (Å²) in [6.45, 7) is 1.27. The van der Waals surface area contributed by atoms with E-state index >= 15 is 0 Å². The van der Waals surface area contributed by atoms with Crippen LogP contribution in [0, 0.1) is 11.6 Å². The van der Waals surface area contributed by atoms with Gasteiger partial charge in [-0.15, -0.1) is 0 Å². The smallest absolute Gasteiger partial charge is 0.343 e. The molecule has 0 saturated heterocycles. The van der Waals surface area contributed by atoms with Crippen molar-refractivity contribution in [2.75, 3.05) is 18.6 Å². The molecule has 0 saturated carbocycles. The zero-order chi connectivity index (χ0) is 17.1. The summed E-state index contributed by atoms with van der Waals surface area (Å²) in [5.74, 6) is -5.09. The first kappa shape index (κ1) is 16.4. The van der Waals surface area contributed by atoms with Gasteiger partial charge in [-0.1, -0.05) is 0 Å². The van der Waals surface area contributed by atoms with Gasteiger partial charge in [-0.3, -0.25) is 9.47 Å². The van der Waals surface area contributed by atoms with Gasteiger partial charge in [-0.25, -0.2) is 9.18 Å². The summed E-state index contributed by atoms with van der Waals surface area (Å²) in [5.41, 5.74) is 0.654. The lowest BCUT2D eigenvalue weighted by Crippen LogP contribution is -2.26. The van der Waals surface area contributed by atoms with Crippen LogP contribution >= 0.6 is 0 Å². The van der Waals surface area contributed by atoms with Gasteiger partial charge in [-0.2, -0.15) is 4.39 Å². The first-order valence-electron chi connectivity index (χ1n) is 6.53. The van der Waals surface area contributed by atoms with Gasteiger partial charge in [0, 0.05) is 6.20 Å². The van der Waals surface area contributed by atoms with Gasteiger partial charge in [0.15, 0.2) is 11.6 Å². The molecule has 0 radical (unpaired) electrons. The van der Waals surface area contributed by atoms with Crippen LogP contribution in [-0.4, -0.2) is 35.2 Å². The van der Waals surface area contributed by atoms with Gasteiger partial charge in [-0.05, 0) is 13.0 Å². The fourth-order valence-electron chi connectivity index (χ4n) is 2.03. The standard InChI is InChI=1S/C14H12F2N2O5/c1-2-23-14(22)8-6-18(17-3-4-19)11-7(12(8)20)5-9(15)10(16)13(11)21/h4-6,17,21H,2-3H2,1H3. The second-order valence-corrected chi connectivity index (χ2v) is 4.41. The zero-order valence-corrected chi connectivity index (χ0v) is 11.9. The maximum atomic E-state index is 13.5. The molecule has 1 aromatic heterocycles. The van der Waals surface area contributed by atoms with Crippen LogP contribution in [0.15, 0.2) is 17.1 Å². The van der Waals surface area contributed by atoms with Crippen molar-refractivity contribution in [1.29, 1.82) is 0 Å². The fourth-order valence-corrected chi connectivity index (χ4v) is 2.03. The third-order valence-electron chi connectivity index (χ3n) is 3.00. The number of pyridine rings is 1. The van der Waals surface area contributed by atoms with Crippen LogP contribution in [0.1, 0.15) is 17.3 Å². The zero-order valence-electron chi connectivity index (χ0n) is 11.9. The molecule has 0 aliphatic heterocycles. The van der Waals surface area contributed by atoms with Crippen molar-refractivity contribution in [2.45, 2.75) is 6.92 Å². The molecular weight excluding hydrogens is 314 g/mol. The number of nitrogens with zero attached hydrogens (tertiary/aromatic N) is 1. The van der Waals surface area contributed by atoms with E-state index in [-0.39, 0.29) is 13.2 Å². The molecule has 0 aliphatic carbocycles. The molecule has 1 aromatic carbocycles. The molecule has 2 N–H and O–H groups in total. The van der Waals surface area contributed by atoms with E-state index in [1.807, 2.05) is 0 Å². The van der Waals surface area contributed by atoms with Crippen molar-refractivity contribution in [3.63, 3.8) is 0 Å². The Labute approximate surface area is 128 Å². The van der Waals surface area contributed by atoms with Crippen molar-refractivity contribution >= 4 is 23.2 Å². The van der Waals surface area contributed by atoms with Gasteiger partial charge in [0.1, 0.15) is 17.4 Å². The number of fused-ring (bicyclic) bond motifs is 1. The van der Waals surface area contributed by atoms with E-state index in [4.69, 9.17) is 4.74 Å². The number of carbonyl (C=O) groups is 2. The van der Waals surface area contributed by atoms with Crippen LogP contribution in [0.2, 0.25) is 0 Å². The van der Waals surface area contributed by atoms with Crippen LogP contribution in [0.3, 0.4) is 0 Å². The van der Waals surface area contributed by atoms with Crippen LogP contribution in [0.5, 0.6) is 5.75 Å². The highest BCUT2D eigenvalue weighted by atomic mass is 19.2. The quantitative estimate of drug-likeness (QED) is 0.626. The summed E-state index contributed by atoms with van der Waals surface area (Å²) >= 11 is 0. The molecule has 0 atom stereocenters. The number of ether oxygens (including phenoxy) is 1. The molecule has 9 heteroatoms. The van der Waals surface area contributed by atoms with Crippen molar-refractivity contribution in [3.05, 3.63) is 39.7 Å². The molecular formula is C14H12F2N2O5. The third-order valence-corrected chi connectivity index (χ3v) is 3.00. The van der Waals surface area contributed by atoms with Gasteiger partial charge in [0.05, 0.1) is 18.5 Å². The maximum absolute atomic E-state index is 13.5. The predicted molar refractivity (Wildman–Crippen MR) is 76.0 cm³/mol. The lowest BCUT2D eigenvalue weighted by Gasteiger charge is -2.15. The fraction of sp³-hybridized carbons (Fsp3) is 0.214. The summed E-state index contributed by atoms with van der Waals surface area (Å²) in [4.78, 5) is 34.6. The molecule has 2 rings (SSSR count). The monoisotopic (exact) mass is 326 g/mol. The lowest BCUT2D eigenvalue weighted by atomic mass is 10.1. The van der Waals surface area contributed by atoms with E-state index in [0.29, 0.717) is 12.4 Å². The summed E-state index contributed by atoms with van der Waals surface area (Å²) in [6.07, 6.45) is 1.41. The molecule has 0 unspecified atom stereocenters. The molecule has 0 bridgehead atoms. The molecule has 0 aliphatic rings. The number of carbonyl (C=O) groups excluding carboxylic acids is 2. The summed E-state index contributed by atoms with van der Waals surface area (Å²) < 4.78 is 32.6. The van der Waals surface area contributed by atoms with E-state index in [1.165, 1.54) is 6.92 Å². The average Bonchev–Trinajstić information content (AvgIpc) is 2.52.